The van der Waals surface area contributed by atoms with E-state index in [9.17, 15) is 9.59 Å². The monoisotopic (exact) mass is 393 g/mol. The summed E-state index contributed by atoms with van der Waals surface area (Å²) in [6.45, 7) is 1.81. The van der Waals surface area contributed by atoms with Gasteiger partial charge in [0.1, 0.15) is 17.7 Å². The lowest BCUT2D eigenvalue weighted by Crippen LogP contribution is -2.28. The third kappa shape index (κ3) is 2.72. The fourth-order valence-electron chi connectivity index (χ4n) is 3.86. The molecule has 0 radical (unpaired) electrons. The summed E-state index contributed by atoms with van der Waals surface area (Å²) in [5.41, 5.74) is 3.13. The van der Waals surface area contributed by atoms with Crippen molar-refractivity contribution < 1.29 is 4.79 Å². The Morgan fingerprint density at radius 3 is 2.93 bits per heavy atom. The number of amides is 1. The molecular formula is C20H19N5O2S. The van der Waals surface area contributed by atoms with E-state index in [-0.39, 0.29) is 12.5 Å². The Labute approximate surface area is 164 Å². The number of aromatic nitrogens is 4. The summed E-state index contributed by atoms with van der Waals surface area (Å²) in [6, 6.07) is 7.55. The summed E-state index contributed by atoms with van der Waals surface area (Å²) in [7, 11) is 0. The Bertz CT molecular complexity index is 1280. The highest BCUT2D eigenvalue weighted by Crippen LogP contribution is 2.36. The standard InChI is InChI=1S/C20H19N5O2S/c1-12-6-2-4-8-14(12)22-16(26)10-24-20(27)23-18-17-13-7-3-5-9-15(13)28-19(17)21-11-25(18)24/h2,4,6,8,11H,3,5,7,9-10H2,1H3,(H,22,26). The molecule has 0 saturated carbocycles. The van der Waals surface area contributed by atoms with Crippen LogP contribution in [0.15, 0.2) is 35.4 Å². The minimum absolute atomic E-state index is 0.117. The lowest BCUT2D eigenvalue weighted by molar-refractivity contribution is -0.117. The highest BCUT2D eigenvalue weighted by atomic mass is 32.1. The van der Waals surface area contributed by atoms with Crippen molar-refractivity contribution in [2.75, 3.05) is 5.32 Å². The maximum Gasteiger partial charge on any atom is 0.365 e. The van der Waals surface area contributed by atoms with Crippen LogP contribution in [-0.4, -0.2) is 25.1 Å². The number of thiophene rings is 1. The van der Waals surface area contributed by atoms with Gasteiger partial charge in [-0.3, -0.25) is 4.79 Å². The maximum absolute atomic E-state index is 12.6. The van der Waals surface area contributed by atoms with E-state index in [1.54, 1.807) is 22.2 Å². The molecule has 8 heteroatoms. The Hall–Kier alpha value is -3.00. The van der Waals surface area contributed by atoms with Crippen LogP contribution in [0.25, 0.3) is 15.9 Å². The Morgan fingerprint density at radius 1 is 1.25 bits per heavy atom. The molecule has 0 fully saturated rings. The van der Waals surface area contributed by atoms with E-state index >= 15 is 0 Å². The van der Waals surface area contributed by atoms with Crippen molar-refractivity contribution >= 4 is 38.8 Å². The van der Waals surface area contributed by atoms with Crippen molar-refractivity contribution in [3.05, 3.63) is 57.1 Å². The molecular weight excluding hydrogens is 374 g/mol. The summed E-state index contributed by atoms with van der Waals surface area (Å²) in [5, 5.41) is 3.83. The van der Waals surface area contributed by atoms with Gasteiger partial charge < -0.3 is 5.32 Å². The van der Waals surface area contributed by atoms with Gasteiger partial charge in [0.05, 0.1) is 5.39 Å². The first kappa shape index (κ1) is 17.1. The first-order valence-electron chi connectivity index (χ1n) is 9.36. The molecule has 0 spiro atoms. The number of para-hydroxylation sites is 1. The molecule has 4 aromatic rings. The molecule has 0 saturated heterocycles. The molecule has 1 N–H and O–H groups in total. The number of fused-ring (bicyclic) bond motifs is 5. The number of hydrogen-bond acceptors (Lipinski definition) is 5. The van der Waals surface area contributed by atoms with Gasteiger partial charge in [-0.1, -0.05) is 18.2 Å². The van der Waals surface area contributed by atoms with Gasteiger partial charge in [0.2, 0.25) is 5.91 Å². The van der Waals surface area contributed by atoms with Crippen LogP contribution < -0.4 is 11.0 Å². The Kier molecular flexibility index (Phi) is 4.01. The lowest BCUT2D eigenvalue weighted by Gasteiger charge is -2.10. The topological polar surface area (TPSA) is 81.3 Å². The number of hydrogen-bond donors (Lipinski definition) is 1. The van der Waals surface area contributed by atoms with Gasteiger partial charge in [-0.15, -0.1) is 11.3 Å². The average molecular weight is 393 g/mol. The van der Waals surface area contributed by atoms with Crippen LogP contribution in [0.2, 0.25) is 0 Å². The van der Waals surface area contributed by atoms with Crippen LogP contribution in [-0.2, 0) is 24.2 Å². The second kappa shape index (κ2) is 6.56. The van der Waals surface area contributed by atoms with Crippen LogP contribution in [0.4, 0.5) is 5.69 Å². The van der Waals surface area contributed by atoms with Gasteiger partial charge in [0.25, 0.3) is 0 Å². The number of nitrogens with zero attached hydrogens (tertiary/aromatic N) is 4. The number of nitrogens with one attached hydrogen (secondary N) is 1. The molecule has 0 bridgehead atoms. The van der Waals surface area contributed by atoms with Crippen LogP contribution in [0.3, 0.4) is 0 Å². The minimum Gasteiger partial charge on any atom is -0.324 e. The first-order valence-corrected chi connectivity index (χ1v) is 10.2. The van der Waals surface area contributed by atoms with Crippen molar-refractivity contribution in [1.29, 1.82) is 0 Å². The lowest BCUT2D eigenvalue weighted by atomic mass is 9.97. The van der Waals surface area contributed by atoms with E-state index in [0.29, 0.717) is 5.65 Å². The molecule has 28 heavy (non-hydrogen) atoms. The summed E-state index contributed by atoms with van der Waals surface area (Å²) >= 11 is 1.69. The Balaban J connectivity index is 1.55. The fourth-order valence-corrected chi connectivity index (χ4v) is 5.08. The van der Waals surface area contributed by atoms with Crippen LogP contribution in [0.5, 0.6) is 0 Å². The van der Waals surface area contributed by atoms with E-state index in [0.717, 1.165) is 40.7 Å². The smallest absolute Gasteiger partial charge is 0.324 e. The van der Waals surface area contributed by atoms with E-state index in [4.69, 9.17) is 0 Å². The van der Waals surface area contributed by atoms with Gasteiger partial charge >= 0.3 is 5.69 Å². The largest absolute Gasteiger partial charge is 0.365 e. The minimum atomic E-state index is -0.440. The number of carbonyl (C=O) groups is 1. The molecule has 1 aliphatic rings. The molecule has 3 heterocycles. The third-order valence-electron chi connectivity index (χ3n) is 5.27. The molecule has 0 unspecified atom stereocenters. The second-order valence-electron chi connectivity index (χ2n) is 7.12. The summed E-state index contributed by atoms with van der Waals surface area (Å²) in [6.07, 6.45) is 5.98. The van der Waals surface area contributed by atoms with Crippen molar-refractivity contribution in [3.8, 4) is 0 Å². The first-order chi connectivity index (χ1) is 13.6. The van der Waals surface area contributed by atoms with Gasteiger partial charge in [0, 0.05) is 10.6 Å². The number of aryl methyl sites for hydroxylation is 3. The van der Waals surface area contributed by atoms with E-state index in [1.165, 1.54) is 21.5 Å². The molecule has 142 valence electrons. The number of anilines is 1. The van der Waals surface area contributed by atoms with E-state index in [1.807, 2.05) is 31.2 Å². The predicted octanol–water partition coefficient (Wildman–Crippen LogP) is 2.93. The number of carbonyl (C=O) groups excluding carboxylic acids is 1. The zero-order valence-electron chi connectivity index (χ0n) is 15.4. The molecule has 7 nitrogen and oxygen atoms in total. The second-order valence-corrected chi connectivity index (χ2v) is 8.20. The number of rotatable bonds is 3. The maximum atomic E-state index is 12.6. The molecule has 0 atom stereocenters. The molecule has 0 aliphatic heterocycles. The molecule has 3 aromatic heterocycles. The van der Waals surface area contributed by atoms with E-state index in [2.05, 4.69) is 15.3 Å². The molecule has 1 aromatic carbocycles. The van der Waals surface area contributed by atoms with E-state index < -0.39 is 5.69 Å². The SMILES string of the molecule is Cc1ccccc1NC(=O)Cn1c(=O)nc2c3c4c(sc3ncn21)CCCC4. The quantitative estimate of drug-likeness (QED) is 0.580. The van der Waals surface area contributed by atoms with Crippen molar-refractivity contribution in [2.45, 2.75) is 39.2 Å². The van der Waals surface area contributed by atoms with Gasteiger partial charge in [-0.05, 0) is 49.8 Å². The van der Waals surface area contributed by atoms with Gasteiger partial charge in [0.15, 0.2) is 5.65 Å². The summed E-state index contributed by atoms with van der Waals surface area (Å²) in [4.78, 5) is 36.2. The normalized spacial score (nSPS) is 13.8. The molecule has 5 rings (SSSR count). The highest BCUT2D eigenvalue weighted by Gasteiger charge is 2.22. The zero-order chi connectivity index (χ0) is 19.3. The zero-order valence-corrected chi connectivity index (χ0v) is 16.3. The number of benzene rings is 1. The summed E-state index contributed by atoms with van der Waals surface area (Å²) in [5.74, 6) is -0.273. The average Bonchev–Trinajstić information content (AvgIpc) is 3.21. The Morgan fingerprint density at radius 2 is 2.07 bits per heavy atom. The van der Waals surface area contributed by atoms with Crippen LogP contribution in [0.1, 0.15) is 28.8 Å². The third-order valence-corrected chi connectivity index (χ3v) is 6.47. The van der Waals surface area contributed by atoms with Gasteiger partial charge in [-0.2, -0.15) is 4.98 Å². The van der Waals surface area contributed by atoms with Crippen molar-refractivity contribution in [1.82, 2.24) is 19.2 Å². The van der Waals surface area contributed by atoms with Gasteiger partial charge in [-0.25, -0.2) is 19.0 Å². The van der Waals surface area contributed by atoms with Crippen molar-refractivity contribution in [2.24, 2.45) is 0 Å². The van der Waals surface area contributed by atoms with Crippen LogP contribution in [0, 0.1) is 6.92 Å². The molecule has 1 aliphatic carbocycles. The van der Waals surface area contributed by atoms with Crippen molar-refractivity contribution in [3.63, 3.8) is 0 Å². The predicted molar refractivity (Wildman–Crippen MR) is 109 cm³/mol. The summed E-state index contributed by atoms with van der Waals surface area (Å²) < 4.78 is 2.95. The fraction of sp³-hybridized carbons (Fsp3) is 0.300. The molecule has 1 amide bonds. The highest BCUT2D eigenvalue weighted by molar-refractivity contribution is 7.19. The van der Waals surface area contributed by atoms with Crippen LogP contribution >= 0.6 is 11.3 Å².